The summed E-state index contributed by atoms with van der Waals surface area (Å²) >= 11 is 0. The van der Waals surface area contributed by atoms with E-state index in [0.717, 1.165) is 16.3 Å². The standard InChI is InChI=1S/C13H16N2O/c1-13(14,9-16-2)12-5-3-4-10-6-7-15-8-11(10)12/h3-8H,9,14H2,1-2H3. The van der Waals surface area contributed by atoms with E-state index >= 15 is 0 Å². The molecule has 2 N–H and O–H groups in total. The van der Waals surface area contributed by atoms with Crippen molar-refractivity contribution >= 4 is 10.8 Å². The lowest BCUT2D eigenvalue weighted by Gasteiger charge is -2.25. The molecule has 0 amide bonds. The van der Waals surface area contributed by atoms with Gasteiger partial charge in [-0.05, 0) is 23.9 Å². The highest BCUT2D eigenvalue weighted by Crippen LogP contribution is 2.26. The summed E-state index contributed by atoms with van der Waals surface area (Å²) < 4.78 is 5.16. The quantitative estimate of drug-likeness (QED) is 0.854. The van der Waals surface area contributed by atoms with E-state index in [9.17, 15) is 0 Å². The molecule has 0 radical (unpaired) electrons. The van der Waals surface area contributed by atoms with Gasteiger partial charge in [-0.1, -0.05) is 18.2 Å². The fourth-order valence-corrected chi connectivity index (χ4v) is 1.99. The van der Waals surface area contributed by atoms with Crippen molar-refractivity contribution in [2.45, 2.75) is 12.5 Å². The summed E-state index contributed by atoms with van der Waals surface area (Å²) in [4.78, 5) is 4.15. The second-order valence-corrected chi connectivity index (χ2v) is 4.25. The highest BCUT2D eigenvalue weighted by atomic mass is 16.5. The van der Waals surface area contributed by atoms with E-state index in [1.165, 1.54) is 0 Å². The van der Waals surface area contributed by atoms with E-state index in [2.05, 4.69) is 11.1 Å². The summed E-state index contributed by atoms with van der Waals surface area (Å²) in [6.45, 7) is 2.46. The third-order valence-electron chi connectivity index (χ3n) is 2.74. The maximum Gasteiger partial charge on any atom is 0.0681 e. The van der Waals surface area contributed by atoms with E-state index < -0.39 is 5.54 Å². The number of pyridine rings is 1. The van der Waals surface area contributed by atoms with Crippen molar-refractivity contribution in [3.63, 3.8) is 0 Å². The number of ether oxygens (including phenoxy) is 1. The predicted octanol–water partition coefficient (Wildman–Crippen LogP) is 2.06. The van der Waals surface area contributed by atoms with E-state index in [-0.39, 0.29) is 0 Å². The molecule has 0 saturated carbocycles. The van der Waals surface area contributed by atoms with Gasteiger partial charge < -0.3 is 10.5 Å². The minimum atomic E-state index is -0.489. The van der Waals surface area contributed by atoms with Gasteiger partial charge in [-0.2, -0.15) is 0 Å². The molecule has 2 rings (SSSR count). The van der Waals surface area contributed by atoms with Crippen LogP contribution in [-0.4, -0.2) is 18.7 Å². The molecule has 3 heteroatoms. The van der Waals surface area contributed by atoms with Gasteiger partial charge in [0.05, 0.1) is 12.1 Å². The third kappa shape index (κ3) is 1.92. The molecule has 0 aliphatic rings. The van der Waals surface area contributed by atoms with Crippen molar-refractivity contribution in [2.75, 3.05) is 13.7 Å². The lowest BCUT2D eigenvalue weighted by atomic mass is 9.90. The number of nitrogens with two attached hydrogens (primary N) is 1. The maximum atomic E-state index is 6.26. The summed E-state index contributed by atoms with van der Waals surface area (Å²) in [6, 6.07) is 8.09. The number of benzene rings is 1. The van der Waals surface area contributed by atoms with Gasteiger partial charge in [0.2, 0.25) is 0 Å². The monoisotopic (exact) mass is 216 g/mol. The van der Waals surface area contributed by atoms with Crippen molar-refractivity contribution in [1.82, 2.24) is 4.98 Å². The summed E-state index contributed by atoms with van der Waals surface area (Å²) in [5, 5.41) is 2.24. The van der Waals surface area contributed by atoms with Crippen molar-refractivity contribution < 1.29 is 4.74 Å². The van der Waals surface area contributed by atoms with Crippen LogP contribution in [-0.2, 0) is 10.3 Å². The van der Waals surface area contributed by atoms with Crippen LogP contribution in [0.15, 0.2) is 36.7 Å². The number of rotatable bonds is 3. The van der Waals surface area contributed by atoms with Gasteiger partial charge in [0.25, 0.3) is 0 Å². The smallest absolute Gasteiger partial charge is 0.0681 e. The first kappa shape index (κ1) is 11.0. The molecule has 0 saturated heterocycles. The molecule has 0 bridgehead atoms. The highest BCUT2D eigenvalue weighted by molar-refractivity contribution is 5.85. The third-order valence-corrected chi connectivity index (χ3v) is 2.74. The minimum Gasteiger partial charge on any atom is -0.382 e. The molecule has 16 heavy (non-hydrogen) atoms. The van der Waals surface area contributed by atoms with E-state index in [1.54, 1.807) is 13.3 Å². The zero-order valence-corrected chi connectivity index (χ0v) is 9.60. The molecule has 0 spiro atoms. The number of aromatic nitrogens is 1. The number of nitrogens with zero attached hydrogens (tertiary/aromatic N) is 1. The van der Waals surface area contributed by atoms with Crippen LogP contribution in [0, 0.1) is 0 Å². The molecular formula is C13H16N2O. The van der Waals surface area contributed by atoms with Gasteiger partial charge in [0.1, 0.15) is 0 Å². The van der Waals surface area contributed by atoms with Gasteiger partial charge in [0.15, 0.2) is 0 Å². The number of methoxy groups -OCH3 is 1. The summed E-state index contributed by atoms with van der Waals surface area (Å²) in [7, 11) is 1.66. The summed E-state index contributed by atoms with van der Waals surface area (Å²) in [6.07, 6.45) is 3.64. The second-order valence-electron chi connectivity index (χ2n) is 4.25. The van der Waals surface area contributed by atoms with Gasteiger partial charge in [-0.3, -0.25) is 4.98 Å². The fourth-order valence-electron chi connectivity index (χ4n) is 1.99. The molecule has 0 aliphatic heterocycles. The highest BCUT2D eigenvalue weighted by Gasteiger charge is 2.23. The summed E-state index contributed by atoms with van der Waals surface area (Å²) in [5.41, 5.74) is 6.84. The van der Waals surface area contributed by atoms with Crippen LogP contribution in [0.4, 0.5) is 0 Å². The SMILES string of the molecule is COCC(C)(N)c1cccc2ccncc12. The zero-order chi connectivity index (χ0) is 11.6. The predicted molar refractivity (Wildman–Crippen MR) is 65.2 cm³/mol. The Bertz CT molecular complexity index is 489. The van der Waals surface area contributed by atoms with Crippen molar-refractivity contribution in [3.05, 3.63) is 42.2 Å². The molecule has 2 aromatic rings. The molecule has 0 fully saturated rings. The second kappa shape index (κ2) is 4.20. The average molecular weight is 216 g/mol. The molecule has 1 aromatic heterocycles. The van der Waals surface area contributed by atoms with E-state index in [4.69, 9.17) is 10.5 Å². The Labute approximate surface area is 95.2 Å². The number of hydrogen-bond acceptors (Lipinski definition) is 3. The Morgan fingerprint density at radius 1 is 1.38 bits per heavy atom. The van der Waals surface area contributed by atoms with Crippen molar-refractivity contribution in [2.24, 2.45) is 5.73 Å². The van der Waals surface area contributed by atoms with Crippen molar-refractivity contribution in [3.8, 4) is 0 Å². The summed E-state index contributed by atoms with van der Waals surface area (Å²) in [5.74, 6) is 0. The van der Waals surface area contributed by atoms with Gasteiger partial charge >= 0.3 is 0 Å². The van der Waals surface area contributed by atoms with Gasteiger partial charge in [-0.25, -0.2) is 0 Å². The Kier molecular flexibility index (Phi) is 2.90. The zero-order valence-electron chi connectivity index (χ0n) is 9.60. The molecule has 0 aliphatic carbocycles. The molecule has 3 nitrogen and oxygen atoms in total. The van der Waals surface area contributed by atoms with Gasteiger partial charge in [-0.15, -0.1) is 0 Å². The van der Waals surface area contributed by atoms with Crippen LogP contribution in [0.2, 0.25) is 0 Å². The Morgan fingerprint density at radius 2 is 2.19 bits per heavy atom. The molecule has 1 atom stereocenters. The largest absolute Gasteiger partial charge is 0.382 e. The minimum absolute atomic E-state index is 0.487. The lowest BCUT2D eigenvalue weighted by molar-refractivity contribution is 0.141. The number of fused-ring (bicyclic) bond motifs is 1. The molecular weight excluding hydrogens is 200 g/mol. The van der Waals surface area contributed by atoms with Crippen molar-refractivity contribution in [1.29, 1.82) is 0 Å². The maximum absolute atomic E-state index is 6.26. The van der Waals surface area contributed by atoms with Crippen LogP contribution in [0.1, 0.15) is 12.5 Å². The normalized spacial score (nSPS) is 14.9. The van der Waals surface area contributed by atoms with E-state index in [0.29, 0.717) is 6.61 Å². The fraction of sp³-hybridized carbons (Fsp3) is 0.308. The van der Waals surface area contributed by atoms with E-state index in [1.807, 2.05) is 31.3 Å². The van der Waals surface area contributed by atoms with Crippen LogP contribution < -0.4 is 5.73 Å². The van der Waals surface area contributed by atoms with Crippen LogP contribution >= 0.6 is 0 Å². The first-order chi connectivity index (χ1) is 7.65. The molecule has 1 unspecified atom stereocenters. The van der Waals surface area contributed by atoms with Crippen LogP contribution in [0.3, 0.4) is 0 Å². The number of hydrogen-bond donors (Lipinski definition) is 1. The average Bonchev–Trinajstić information content (AvgIpc) is 2.28. The van der Waals surface area contributed by atoms with Gasteiger partial charge in [0, 0.05) is 24.9 Å². The Morgan fingerprint density at radius 3 is 2.94 bits per heavy atom. The molecule has 84 valence electrons. The first-order valence-corrected chi connectivity index (χ1v) is 5.26. The lowest BCUT2D eigenvalue weighted by Crippen LogP contribution is -2.38. The molecule has 1 heterocycles. The Balaban J connectivity index is 2.60. The molecule has 1 aromatic carbocycles. The first-order valence-electron chi connectivity index (χ1n) is 5.26. The van der Waals surface area contributed by atoms with Crippen LogP contribution in [0.5, 0.6) is 0 Å². The topological polar surface area (TPSA) is 48.1 Å². The Hall–Kier alpha value is -1.45. The van der Waals surface area contributed by atoms with Crippen LogP contribution in [0.25, 0.3) is 10.8 Å².